The Balaban J connectivity index is 1.79. The van der Waals surface area contributed by atoms with Crippen molar-refractivity contribution in [1.82, 2.24) is 9.55 Å². The fourth-order valence-corrected chi connectivity index (χ4v) is 3.78. The van der Waals surface area contributed by atoms with Crippen LogP contribution in [0.2, 0.25) is 0 Å². The first-order valence-electron chi connectivity index (χ1n) is 10.6. The minimum absolute atomic E-state index is 0.157. The van der Waals surface area contributed by atoms with Crippen LogP contribution in [0.5, 0.6) is 0 Å². The number of para-hydroxylation sites is 1. The summed E-state index contributed by atoms with van der Waals surface area (Å²) in [6, 6.07) is 11.0. The number of fused-ring (bicyclic) bond motifs is 1. The van der Waals surface area contributed by atoms with Crippen LogP contribution < -0.4 is 10.7 Å². The molecule has 1 amide bonds. The van der Waals surface area contributed by atoms with Gasteiger partial charge in [-0.1, -0.05) is 12.1 Å². The van der Waals surface area contributed by atoms with Gasteiger partial charge < -0.3 is 9.88 Å². The maximum absolute atomic E-state index is 13.3. The average Bonchev–Trinajstić information content (AvgIpc) is 2.82. The summed E-state index contributed by atoms with van der Waals surface area (Å²) in [5, 5.41) is 2.53. The van der Waals surface area contributed by atoms with Gasteiger partial charge in [0.2, 0.25) is 11.3 Å². The highest BCUT2D eigenvalue weighted by Crippen LogP contribution is 2.34. The van der Waals surface area contributed by atoms with Crippen molar-refractivity contribution in [2.75, 3.05) is 5.32 Å². The summed E-state index contributed by atoms with van der Waals surface area (Å²) in [4.78, 5) is 43.0. The average molecular weight is 479 g/mol. The minimum atomic E-state index is -4.65. The van der Waals surface area contributed by atoms with Crippen molar-refractivity contribution in [3.05, 3.63) is 105 Å². The minimum Gasteiger partial charge on any atom is -0.337 e. The van der Waals surface area contributed by atoms with E-state index >= 15 is 0 Å². The highest BCUT2D eigenvalue weighted by Gasteiger charge is 2.33. The van der Waals surface area contributed by atoms with Crippen molar-refractivity contribution in [3.8, 4) is 0 Å². The lowest BCUT2D eigenvalue weighted by Crippen LogP contribution is -2.25. The summed E-state index contributed by atoms with van der Waals surface area (Å²) >= 11 is 0. The molecule has 0 aliphatic carbocycles. The Morgan fingerprint density at radius 2 is 1.66 bits per heavy atom. The molecule has 0 unspecified atom stereocenters. The molecule has 0 fully saturated rings. The van der Waals surface area contributed by atoms with Crippen molar-refractivity contribution in [1.29, 1.82) is 0 Å². The van der Waals surface area contributed by atoms with Crippen molar-refractivity contribution >= 4 is 28.3 Å². The third-order valence-corrected chi connectivity index (χ3v) is 5.70. The lowest BCUT2D eigenvalue weighted by atomic mass is 10.0. The van der Waals surface area contributed by atoms with Crippen LogP contribution in [0.1, 0.15) is 32.6 Å². The molecule has 0 saturated heterocycles. The SMILES string of the molecule is Cc1cc2c(=O)c(C(=O)c3ccncc3)cn(CC(=O)Nc3ccccc3C(F)(F)F)c2cc1C. The summed E-state index contributed by atoms with van der Waals surface area (Å²) < 4.78 is 41.4. The van der Waals surface area contributed by atoms with Crippen LogP contribution in [0, 0.1) is 13.8 Å². The second kappa shape index (κ2) is 9.17. The molecule has 9 heteroatoms. The molecule has 0 aliphatic rings. The third-order valence-electron chi connectivity index (χ3n) is 5.70. The van der Waals surface area contributed by atoms with Crippen molar-refractivity contribution in [3.63, 3.8) is 0 Å². The molecule has 2 aromatic heterocycles. The van der Waals surface area contributed by atoms with E-state index in [9.17, 15) is 27.6 Å². The maximum Gasteiger partial charge on any atom is 0.418 e. The van der Waals surface area contributed by atoms with Crippen LogP contribution in [0.4, 0.5) is 18.9 Å². The van der Waals surface area contributed by atoms with Gasteiger partial charge in [0, 0.05) is 29.5 Å². The largest absolute Gasteiger partial charge is 0.418 e. The molecule has 0 bridgehead atoms. The number of halogens is 3. The number of alkyl halides is 3. The fourth-order valence-electron chi connectivity index (χ4n) is 3.78. The van der Waals surface area contributed by atoms with E-state index in [0.717, 1.165) is 23.3 Å². The number of amides is 1. The summed E-state index contributed by atoms with van der Waals surface area (Å²) in [5.41, 5.74) is 0.298. The number of benzene rings is 2. The molecule has 0 aliphatic heterocycles. The number of nitrogens with zero attached hydrogens (tertiary/aromatic N) is 2. The van der Waals surface area contributed by atoms with Gasteiger partial charge >= 0.3 is 6.18 Å². The number of anilines is 1. The Hall–Kier alpha value is -4.27. The van der Waals surface area contributed by atoms with Gasteiger partial charge in [0.15, 0.2) is 5.78 Å². The molecule has 2 aromatic carbocycles. The molecule has 6 nitrogen and oxygen atoms in total. The van der Waals surface area contributed by atoms with E-state index in [1.165, 1.54) is 47.4 Å². The second-order valence-corrected chi connectivity index (χ2v) is 8.11. The zero-order chi connectivity index (χ0) is 25.3. The summed E-state index contributed by atoms with van der Waals surface area (Å²) in [6.45, 7) is 3.23. The van der Waals surface area contributed by atoms with Gasteiger partial charge in [-0.15, -0.1) is 0 Å². The Morgan fingerprint density at radius 3 is 2.34 bits per heavy atom. The topological polar surface area (TPSA) is 81.1 Å². The highest BCUT2D eigenvalue weighted by molar-refractivity contribution is 6.10. The van der Waals surface area contributed by atoms with Gasteiger partial charge in [-0.2, -0.15) is 13.2 Å². The van der Waals surface area contributed by atoms with E-state index in [-0.39, 0.29) is 22.2 Å². The van der Waals surface area contributed by atoms with Gasteiger partial charge in [0.05, 0.1) is 22.3 Å². The van der Waals surface area contributed by atoms with E-state index in [4.69, 9.17) is 0 Å². The standard InChI is InChI=1S/C26H20F3N3O3/c1-15-11-18-22(12-16(15)2)32(13-19(25(18)35)24(34)17-7-9-30-10-8-17)14-23(33)31-21-6-4-3-5-20(21)26(27,28)29/h3-13H,14H2,1-2H3,(H,31,33). The summed E-state index contributed by atoms with van der Waals surface area (Å²) in [7, 11) is 0. The monoisotopic (exact) mass is 479 g/mol. The van der Waals surface area contributed by atoms with E-state index in [0.29, 0.717) is 5.52 Å². The summed E-state index contributed by atoms with van der Waals surface area (Å²) in [6.07, 6.45) is -0.526. The number of pyridine rings is 2. The maximum atomic E-state index is 13.3. The second-order valence-electron chi connectivity index (χ2n) is 8.11. The number of hydrogen-bond acceptors (Lipinski definition) is 4. The molecule has 1 N–H and O–H groups in total. The lowest BCUT2D eigenvalue weighted by Gasteiger charge is -2.16. The van der Waals surface area contributed by atoms with E-state index in [1.807, 2.05) is 13.8 Å². The Bertz CT molecular complexity index is 1510. The molecule has 178 valence electrons. The van der Waals surface area contributed by atoms with Crippen LogP contribution in [0.15, 0.2) is 71.9 Å². The first kappa shape index (κ1) is 23.9. The molecule has 0 spiro atoms. The molecule has 0 radical (unpaired) electrons. The molecule has 2 heterocycles. The lowest BCUT2D eigenvalue weighted by molar-refractivity contribution is -0.137. The van der Waals surface area contributed by atoms with Gasteiger partial charge in [0.1, 0.15) is 6.54 Å². The molecule has 35 heavy (non-hydrogen) atoms. The number of aromatic nitrogens is 2. The molecule has 4 aromatic rings. The number of hydrogen-bond donors (Lipinski definition) is 1. The number of carbonyl (C=O) groups is 2. The highest BCUT2D eigenvalue weighted by atomic mass is 19.4. The van der Waals surface area contributed by atoms with Crippen LogP contribution in [0.3, 0.4) is 0 Å². The number of rotatable bonds is 5. The van der Waals surface area contributed by atoms with Gasteiger partial charge in [0.25, 0.3) is 0 Å². The molecule has 0 atom stereocenters. The fraction of sp³-hybridized carbons (Fsp3) is 0.154. The normalized spacial score (nSPS) is 11.5. The van der Waals surface area contributed by atoms with E-state index in [1.54, 1.807) is 12.1 Å². The Kier molecular flexibility index (Phi) is 6.26. The molecule has 0 saturated carbocycles. The van der Waals surface area contributed by atoms with Crippen molar-refractivity contribution in [2.45, 2.75) is 26.6 Å². The van der Waals surface area contributed by atoms with Gasteiger partial charge in [-0.25, -0.2) is 0 Å². The zero-order valence-corrected chi connectivity index (χ0v) is 18.8. The molecular formula is C26H20F3N3O3. The van der Waals surface area contributed by atoms with Crippen molar-refractivity contribution in [2.24, 2.45) is 0 Å². The number of nitrogens with one attached hydrogen (secondary N) is 1. The Morgan fingerprint density at radius 1 is 1.00 bits per heavy atom. The van der Waals surface area contributed by atoms with Gasteiger partial charge in [-0.3, -0.25) is 19.4 Å². The van der Waals surface area contributed by atoms with Crippen LogP contribution in [0.25, 0.3) is 10.9 Å². The van der Waals surface area contributed by atoms with Crippen LogP contribution in [-0.2, 0) is 17.5 Å². The van der Waals surface area contributed by atoms with E-state index in [2.05, 4.69) is 10.3 Å². The predicted molar refractivity (Wildman–Crippen MR) is 125 cm³/mol. The summed E-state index contributed by atoms with van der Waals surface area (Å²) in [5.74, 6) is -1.29. The number of aryl methyl sites for hydroxylation is 2. The predicted octanol–water partition coefficient (Wildman–Crippen LogP) is 4.90. The Labute approximate surface area is 198 Å². The molecular weight excluding hydrogens is 459 g/mol. The first-order chi connectivity index (χ1) is 16.6. The number of carbonyl (C=O) groups excluding carboxylic acids is 2. The first-order valence-corrected chi connectivity index (χ1v) is 10.6. The quantitative estimate of drug-likeness (QED) is 0.413. The van der Waals surface area contributed by atoms with Gasteiger partial charge in [-0.05, 0) is 61.4 Å². The van der Waals surface area contributed by atoms with Crippen LogP contribution in [-0.4, -0.2) is 21.2 Å². The molecule has 4 rings (SSSR count). The third kappa shape index (κ3) is 4.84. The number of ketones is 1. The van der Waals surface area contributed by atoms with E-state index < -0.39 is 35.4 Å². The zero-order valence-electron chi connectivity index (χ0n) is 18.8. The van der Waals surface area contributed by atoms with Crippen LogP contribution >= 0.6 is 0 Å². The van der Waals surface area contributed by atoms with Crippen molar-refractivity contribution < 1.29 is 22.8 Å². The smallest absolute Gasteiger partial charge is 0.337 e.